The Morgan fingerprint density at radius 1 is 1.43 bits per heavy atom. The van der Waals surface area contributed by atoms with Gasteiger partial charge in [0.1, 0.15) is 23.2 Å². The van der Waals surface area contributed by atoms with Crippen molar-refractivity contribution in [2.45, 2.75) is 24.9 Å². The molecule has 0 aliphatic carbocycles. The molecule has 1 aromatic heterocycles. The normalized spacial score (nSPS) is 18.1. The summed E-state index contributed by atoms with van der Waals surface area (Å²) in [6, 6.07) is 3.24. The van der Waals surface area contributed by atoms with Crippen molar-refractivity contribution in [1.82, 2.24) is 19.9 Å². The first kappa shape index (κ1) is 18.7. The number of aliphatic hydroxyl groups excluding tert-OH is 1. The Bertz CT molecular complexity index is 842. The number of rotatable bonds is 7. The highest BCUT2D eigenvalue weighted by Gasteiger charge is 2.34. The van der Waals surface area contributed by atoms with Gasteiger partial charge in [-0.3, -0.25) is 4.90 Å². The molecule has 1 atom stereocenters. The van der Waals surface area contributed by atoms with Crippen LogP contribution in [0.3, 0.4) is 0 Å². The van der Waals surface area contributed by atoms with Crippen molar-refractivity contribution in [3.05, 3.63) is 35.7 Å². The summed E-state index contributed by atoms with van der Waals surface area (Å²) in [5.41, 5.74) is 0.703. The fraction of sp³-hybridized carbons (Fsp3) is 0.471. The number of aryl methyl sites for hydroxylation is 1. The quantitative estimate of drug-likeness (QED) is 0.547. The molecular weight excluding hydrogens is 367 g/mol. The Morgan fingerprint density at radius 3 is 2.93 bits per heavy atom. The molecule has 1 saturated heterocycles. The van der Waals surface area contributed by atoms with E-state index < -0.39 is 13.1 Å². The minimum Gasteiger partial charge on any atom is -0.535 e. The Kier molecular flexibility index (Phi) is 5.20. The number of benzene rings is 1. The molecule has 1 aromatic carbocycles. The summed E-state index contributed by atoms with van der Waals surface area (Å²) in [6.45, 7) is 1.74. The van der Waals surface area contributed by atoms with Gasteiger partial charge in [0.25, 0.3) is 0 Å². The second-order valence-electron chi connectivity index (χ2n) is 7.02. The zero-order valence-electron chi connectivity index (χ0n) is 15.1. The standard InChI is InChI=1S/C17H21BN4O6/c23-10-12(22-6-5-19-20-22)7-21-8-13(9-21)27-14-2-1-11-3-4-18(26)28-16(11)15(14)17(24)25/h1-2,5-6,12-13,23,26H,3-4,7-10H2,(H,24,25)/t12-/m0/s1. The summed E-state index contributed by atoms with van der Waals surface area (Å²) in [5.74, 6) is -0.727. The third-order valence-electron chi connectivity index (χ3n) is 5.04. The highest BCUT2D eigenvalue weighted by Crippen LogP contribution is 2.37. The molecule has 3 N–H and O–H groups in total. The Balaban J connectivity index is 1.41. The molecule has 0 saturated carbocycles. The zero-order valence-corrected chi connectivity index (χ0v) is 15.1. The molecule has 11 heteroatoms. The highest BCUT2D eigenvalue weighted by molar-refractivity contribution is 6.44. The fourth-order valence-electron chi connectivity index (χ4n) is 3.57. The molecule has 2 aromatic rings. The number of hydrogen-bond acceptors (Lipinski definition) is 8. The molecule has 3 heterocycles. The number of fused-ring (bicyclic) bond motifs is 1. The van der Waals surface area contributed by atoms with Crippen molar-refractivity contribution in [3.63, 3.8) is 0 Å². The molecule has 2 aliphatic heterocycles. The third kappa shape index (κ3) is 3.68. The second-order valence-corrected chi connectivity index (χ2v) is 7.02. The maximum atomic E-state index is 11.8. The molecule has 1 fully saturated rings. The third-order valence-corrected chi connectivity index (χ3v) is 5.04. The summed E-state index contributed by atoms with van der Waals surface area (Å²) in [5, 5.41) is 36.6. The van der Waals surface area contributed by atoms with Gasteiger partial charge >= 0.3 is 13.1 Å². The largest absolute Gasteiger partial charge is 0.535 e. The Labute approximate surface area is 161 Å². The average molecular weight is 388 g/mol. The van der Waals surface area contributed by atoms with Crippen LogP contribution in [0, 0.1) is 0 Å². The van der Waals surface area contributed by atoms with Crippen LogP contribution in [0.25, 0.3) is 0 Å². The number of nitrogens with zero attached hydrogens (tertiary/aromatic N) is 4. The van der Waals surface area contributed by atoms with Gasteiger partial charge in [0.15, 0.2) is 0 Å². The minimum atomic E-state index is -1.15. The van der Waals surface area contributed by atoms with Crippen molar-refractivity contribution in [1.29, 1.82) is 0 Å². The molecule has 0 unspecified atom stereocenters. The Hall–Kier alpha value is -2.63. The molecule has 0 amide bonds. The van der Waals surface area contributed by atoms with Crippen LogP contribution in [0.15, 0.2) is 24.5 Å². The predicted octanol–water partition coefficient (Wildman–Crippen LogP) is -0.312. The van der Waals surface area contributed by atoms with Crippen molar-refractivity contribution >= 4 is 13.1 Å². The van der Waals surface area contributed by atoms with Crippen LogP contribution in [-0.2, 0) is 6.42 Å². The number of hydrogen-bond donors (Lipinski definition) is 3. The number of carboxylic acids is 1. The number of aromatic nitrogens is 3. The van der Waals surface area contributed by atoms with Gasteiger partial charge in [-0.1, -0.05) is 11.3 Å². The van der Waals surface area contributed by atoms with E-state index in [1.807, 2.05) is 0 Å². The van der Waals surface area contributed by atoms with Gasteiger partial charge in [-0.15, -0.1) is 5.10 Å². The SMILES string of the molecule is O=C(O)c1c(OC2CN(C[C@@H](CO)n3ccnn3)C2)ccc2c1OB(O)CC2. The predicted molar refractivity (Wildman–Crippen MR) is 97.5 cm³/mol. The first-order chi connectivity index (χ1) is 13.5. The van der Waals surface area contributed by atoms with Crippen LogP contribution in [0.4, 0.5) is 0 Å². The van der Waals surface area contributed by atoms with Gasteiger partial charge in [0.05, 0.1) is 18.8 Å². The lowest BCUT2D eigenvalue weighted by Gasteiger charge is -2.40. The molecule has 0 spiro atoms. The van der Waals surface area contributed by atoms with E-state index in [-0.39, 0.29) is 35.8 Å². The van der Waals surface area contributed by atoms with Crippen LogP contribution < -0.4 is 9.39 Å². The van der Waals surface area contributed by atoms with E-state index in [9.17, 15) is 20.0 Å². The summed E-state index contributed by atoms with van der Waals surface area (Å²) >= 11 is 0. The Morgan fingerprint density at radius 2 is 2.25 bits per heavy atom. The number of likely N-dealkylation sites (tertiary alicyclic amines) is 1. The van der Waals surface area contributed by atoms with Crippen molar-refractivity contribution in [2.24, 2.45) is 0 Å². The molecule has 2 aliphatic rings. The van der Waals surface area contributed by atoms with Gasteiger partial charge in [0, 0.05) is 25.8 Å². The number of aliphatic hydroxyl groups is 1. The van der Waals surface area contributed by atoms with E-state index in [0.29, 0.717) is 32.4 Å². The highest BCUT2D eigenvalue weighted by atomic mass is 16.5. The maximum Gasteiger partial charge on any atom is 0.522 e. The summed E-state index contributed by atoms with van der Waals surface area (Å²) in [4.78, 5) is 13.9. The van der Waals surface area contributed by atoms with Crippen LogP contribution >= 0.6 is 0 Å². The van der Waals surface area contributed by atoms with Crippen LogP contribution in [0.5, 0.6) is 11.5 Å². The first-order valence-electron chi connectivity index (χ1n) is 9.14. The molecule has 4 rings (SSSR count). The fourth-order valence-corrected chi connectivity index (χ4v) is 3.57. The monoisotopic (exact) mass is 388 g/mol. The number of ether oxygens (including phenoxy) is 1. The van der Waals surface area contributed by atoms with E-state index in [0.717, 1.165) is 5.56 Å². The molecule has 148 valence electrons. The van der Waals surface area contributed by atoms with E-state index in [1.54, 1.807) is 29.2 Å². The molecule has 0 radical (unpaired) electrons. The van der Waals surface area contributed by atoms with E-state index in [2.05, 4.69) is 15.2 Å². The van der Waals surface area contributed by atoms with Crippen LogP contribution in [0.1, 0.15) is 22.0 Å². The van der Waals surface area contributed by atoms with Gasteiger partial charge in [-0.25, -0.2) is 9.48 Å². The van der Waals surface area contributed by atoms with Gasteiger partial charge in [-0.2, -0.15) is 0 Å². The first-order valence-corrected chi connectivity index (χ1v) is 9.14. The molecular formula is C17H21BN4O6. The summed E-state index contributed by atoms with van der Waals surface area (Å²) in [7, 11) is -1.01. The zero-order chi connectivity index (χ0) is 19.7. The number of aromatic carboxylic acids is 1. The van der Waals surface area contributed by atoms with Crippen LogP contribution in [0.2, 0.25) is 6.32 Å². The van der Waals surface area contributed by atoms with Crippen molar-refractivity contribution in [3.8, 4) is 11.5 Å². The van der Waals surface area contributed by atoms with E-state index >= 15 is 0 Å². The maximum absolute atomic E-state index is 11.8. The van der Waals surface area contributed by atoms with Crippen molar-refractivity contribution in [2.75, 3.05) is 26.2 Å². The topological polar surface area (TPSA) is 130 Å². The van der Waals surface area contributed by atoms with Gasteiger partial charge in [-0.05, 0) is 24.4 Å². The molecule has 10 nitrogen and oxygen atoms in total. The second kappa shape index (κ2) is 7.78. The smallest absolute Gasteiger partial charge is 0.522 e. The molecule has 28 heavy (non-hydrogen) atoms. The number of carbonyl (C=O) groups is 1. The minimum absolute atomic E-state index is 0.0504. The summed E-state index contributed by atoms with van der Waals surface area (Å²) in [6.07, 6.45) is 4.09. The van der Waals surface area contributed by atoms with Crippen LogP contribution in [-0.4, -0.2) is 80.6 Å². The molecule has 0 bridgehead atoms. The van der Waals surface area contributed by atoms with E-state index in [1.165, 1.54) is 0 Å². The van der Waals surface area contributed by atoms with E-state index in [4.69, 9.17) is 9.39 Å². The van der Waals surface area contributed by atoms with Gasteiger partial charge < -0.3 is 24.6 Å². The van der Waals surface area contributed by atoms with Crippen molar-refractivity contribution < 1.29 is 29.4 Å². The number of carboxylic acid groups (broad SMARTS) is 1. The summed E-state index contributed by atoms with van der Waals surface area (Å²) < 4.78 is 12.9. The lowest BCUT2D eigenvalue weighted by Crippen LogP contribution is -2.55. The lowest BCUT2D eigenvalue weighted by atomic mass is 9.78. The van der Waals surface area contributed by atoms with Gasteiger partial charge in [0.2, 0.25) is 0 Å². The average Bonchev–Trinajstić information content (AvgIpc) is 3.17. The lowest BCUT2D eigenvalue weighted by molar-refractivity contribution is 0.00360.